The third-order valence-electron chi connectivity index (χ3n) is 5.19. The summed E-state index contributed by atoms with van der Waals surface area (Å²) in [6, 6.07) is 16.8. The Morgan fingerprint density at radius 3 is 2.06 bits per heavy atom. The summed E-state index contributed by atoms with van der Waals surface area (Å²) in [5, 5.41) is 0. The number of fused-ring (bicyclic) bond motifs is 1. The quantitative estimate of drug-likeness (QED) is 0.240. The minimum atomic E-state index is -0.804. The Labute approximate surface area is 194 Å². The topological polar surface area (TPSA) is 107 Å². The molecule has 4 rings (SSSR count). The highest BCUT2D eigenvalue weighted by molar-refractivity contribution is 6.34. The van der Waals surface area contributed by atoms with Gasteiger partial charge in [0, 0.05) is 12.5 Å². The Morgan fingerprint density at radius 2 is 1.41 bits per heavy atom. The van der Waals surface area contributed by atoms with Gasteiger partial charge in [0.2, 0.25) is 0 Å². The summed E-state index contributed by atoms with van der Waals surface area (Å²) in [4.78, 5) is 62.5. The fourth-order valence-electron chi connectivity index (χ4n) is 3.47. The molecule has 0 unspecified atom stereocenters. The number of hydrogen-bond acceptors (Lipinski definition) is 7. The maximum Gasteiger partial charge on any atom is 0.338 e. The molecule has 8 heteroatoms. The van der Waals surface area contributed by atoms with Gasteiger partial charge in [-0.2, -0.15) is 0 Å². The van der Waals surface area contributed by atoms with Crippen molar-refractivity contribution in [2.45, 2.75) is 13.8 Å². The number of Topliss-reactive ketones (excluding diaryl/α,β-unsaturated/α-hetero) is 1. The molecule has 0 saturated heterocycles. The molecule has 0 radical (unpaired) electrons. The number of rotatable bonds is 6. The number of hydrogen-bond donors (Lipinski definition) is 0. The van der Waals surface area contributed by atoms with Gasteiger partial charge in [0.05, 0.1) is 22.4 Å². The van der Waals surface area contributed by atoms with E-state index in [0.717, 1.165) is 10.5 Å². The van der Waals surface area contributed by atoms with Crippen LogP contribution in [0.3, 0.4) is 0 Å². The smallest absolute Gasteiger partial charge is 0.338 e. The monoisotopic (exact) mass is 457 g/mol. The number of imide groups is 1. The molecule has 1 aliphatic rings. The van der Waals surface area contributed by atoms with Crippen molar-refractivity contribution in [3.8, 4) is 5.75 Å². The van der Waals surface area contributed by atoms with Crippen LogP contribution in [0.1, 0.15) is 53.9 Å². The van der Waals surface area contributed by atoms with Gasteiger partial charge in [-0.25, -0.2) is 9.69 Å². The van der Waals surface area contributed by atoms with Crippen molar-refractivity contribution < 1.29 is 33.4 Å². The number of nitrogens with zero attached hydrogens (tertiary/aromatic N) is 1. The Kier molecular flexibility index (Phi) is 6.05. The SMILES string of the molecule is CC(=O)Oc1ccc(C(=O)COC(=O)c2ccc3c(c2)C(=O)N(c2ccc(C)cc2)C3=O)cc1. The van der Waals surface area contributed by atoms with Gasteiger partial charge in [0.1, 0.15) is 5.75 Å². The third kappa shape index (κ3) is 4.47. The minimum absolute atomic E-state index is 0.0451. The van der Waals surface area contributed by atoms with E-state index < -0.39 is 36.1 Å². The van der Waals surface area contributed by atoms with Crippen LogP contribution >= 0.6 is 0 Å². The number of esters is 2. The molecule has 3 aromatic carbocycles. The zero-order valence-electron chi connectivity index (χ0n) is 18.4. The van der Waals surface area contributed by atoms with Gasteiger partial charge >= 0.3 is 11.9 Å². The second-order valence-corrected chi connectivity index (χ2v) is 7.66. The van der Waals surface area contributed by atoms with Crippen LogP contribution in [-0.4, -0.2) is 36.1 Å². The maximum absolute atomic E-state index is 12.9. The van der Waals surface area contributed by atoms with Crippen LogP contribution in [0.4, 0.5) is 5.69 Å². The first-order valence-electron chi connectivity index (χ1n) is 10.3. The number of carbonyl (C=O) groups is 5. The molecule has 2 amide bonds. The van der Waals surface area contributed by atoms with E-state index in [1.807, 2.05) is 6.92 Å². The lowest BCUT2D eigenvalue weighted by molar-refractivity contribution is -0.131. The zero-order chi connectivity index (χ0) is 24.4. The van der Waals surface area contributed by atoms with Crippen molar-refractivity contribution in [3.63, 3.8) is 0 Å². The number of aryl methyl sites for hydroxylation is 1. The van der Waals surface area contributed by atoms with Gasteiger partial charge in [0.15, 0.2) is 12.4 Å². The van der Waals surface area contributed by atoms with Crippen LogP contribution in [0.25, 0.3) is 0 Å². The van der Waals surface area contributed by atoms with E-state index in [1.165, 1.54) is 49.4 Å². The van der Waals surface area contributed by atoms with Crippen LogP contribution in [0, 0.1) is 6.92 Å². The van der Waals surface area contributed by atoms with E-state index in [2.05, 4.69) is 0 Å². The molecular formula is C26H19NO7. The van der Waals surface area contributed by atoms with Crippen LogP contribution < -0.4 is 9.64 Å². The molecule has 0 N–H and O–H groups in total. The predicted octanol–water partition coefficient (Wildman–Crippen LogP) is 3.76. The molecule has 0 fully saturated rings. The van der Waals surface area contributed by atoms with Crippen molar-refractivity contribution in [1.82, 2.24) is 0 Å². The minimum Gasteiger partial charge on any atom is -0.454 e. The Hall–Kier alpha value is -4.59. The van der Waals surface area contributed by atoms with E-state index in [-0.39, 0.29) is 28.0 Å². The fourth-order valence-corrected chi connectivity index (χ4v) is 3.47. The number of anilines is 1. The number of amides is 2. The summed E-state index contributed by atoms with van der Waals surface area (Å²) >= 11 is 0. The van der Waals surface area contributed by atoms with Gasteiger partial charge in [-0.05, 0) is 61.5 Å². The van der Waals surface area contributed by atoms with Crippen molar-refractivity contribution in [2.24, 2.45) is 0 Å². The normalized spacial score (nSPS) is 12.4. The van der Waals surface area contributed by atoms with E-state index in [0.29, 0.717) is 5.69 Å². The van der Waals surface area contributed by atoms with Crippen LogP contribution in [0.5, 0.6) is 5.75 Å². The molecule has 0 spiro atoms. The van der Waals surface area contributed by atoms with Gasteiger partial charge in [0.25, 0.3) is 11.8 Å². The van der Waals surface area contributed by atoms with Crippen LogP contribution in [-0.2, 0) is 9.53 Å². The van der Waals surface area contributed by atoms with Crippen molar-refractivity contribution >= 4 is 35.2 Å². The lowest BCUT2D eigenvalue weighted by Gasteiger charge is -2.13. The lowest BCUT2D eigenvalue weighted by Crippen LogP contribution is -2.29. The summed E-state index contributed by atoms with van der Waals surface area (Å²) in [5.41, 5.74) is 2.01. The van der Waals surface area contributed by atoms with Crippen LogP contribution in [0.15, 0.2) is 66.7 Å². The summed E-state index contributed by atoms with van der Waals surface area (Å²) in [5.74, 6) is -2.47. The molecule has 8 nitrogen and oxygen atoms in total. The summed E-state index contributed by atoms with van der Waals surface area (Å²) < 4.78 is 10.0. The molecule has 0 aromatic heterocycles. The molecular weight excluding hydrogens is 438 g/mol. The molecule has 170 valence electrons. The summed E-state index contributed by atoms with van der Waals surface area (Å²) in [6.45, 7) is 2.64. The van der Waals surface area contributed by atoms with Crippen molar-refractivity contribution in [3.05, 3.63) is 94.5 Å². The first kappa shape index (κ1) is 22.6. The highest BCUT2D eigenvalue weighted by Crippen LogP contribution is 2.29. The van der Waals surface area contributed by atoms with E-state index >= 15 is 0 Å². The number of carbonyl (C=O) groups excluding carboxylic acids is 5. The molecule has 1 heterocycles. The average molecular weight is 457 g/mol. The molecule has 0 bridgehead atoms. The molecule has 0 aliphatic carbocycles. The van der Waals surface area contributed by atoms with E-state index in [9.17, 15) is 24.0 Å². The predicted molar refractivity (Wildman–Crippen MR) is 121 cm³/mol. The maximum atomic E-state index is 12.9. The van der Waals surface area contributed by atoms with Gasteiger partial charge < -0.3 is 9.47 Å². The van der Waals surface area contributed by atoms with E-state index in [4.69, 9.17) is 9.47 Å². The highest BCUT2D eigenvalue weighted by atomic mass is 16.5. The van der Waals surface area contributed by atoms with Crippen molar-refractivity contribution in [1.29, 1.82) is 0 Å². The second kappa shape index (κ2) is 9.11. The first-order chi connectivity index (χ1) is 16.2. The number of ether oxygens (including phenoxy) is 2. The molecule has 1 aliphatic heterocycles. The Bertz CT molecular complexity index is 1320. The largest absolute Gasteiger partial charge is 0.454 e. The fraction of sp³-hybridized carbons (Fsp3) is 0.115. The van der Waals surface area contributed by atoms with Gasteiger partial charge in [-0.1, -0.05) is 17.7 Å². The first-order valence-corrected chi connectivity index (χ1v) is 10.3. The summed E-state index contributed by atoms with van der Waals surface area (Å²) in [7, 11) is 0. The molecule has 0 saturated carbocycles. The van der Waals surface area contributed by atoms with Crippen LogP contribution in [0.2, 0.25) is 0 Å². The standard InChI is InChI=1S/C26H19NO7/c1-15-3-8-19(9-4-15)27-24(30)21-12-7-18(13-22(21)25(27)31)26(32)33-14-23(29)17-5-10-20(11-6-17)34-16(2)28/h3-13H,14H2,1-2H3. The van der Waals surface area contributed by atoms with Crippen molar-refractivity contribution in [2.75, 3.05) is 11.5 Å². The van der Waals surface area contributed by atoms with Gasteiger partial charge in [-0.15, -0.1) is 0 Å². The molecule has 3 aromatic rings. The average Bonchev–Trinajstić information content (AvgIpc) is 3.07. The second-order valence-electron chi connectivity index (χ2n) is 7.66. The summed E-state index contributed by atoms with van der Waals surface area (Å²) in [6.07, 6.45) is 0. The third-order valence-corrected chi connectivity index (χ3v) is 5.19. The van der Waals surface area contributed by atoms with E-state index in [1.54, 1.807) is 24.3 Å². The number of benzene rings is 3. The molecule has 34 heavy (non-hydrogen) atoms. The zero-order valence-corrected chi connectivity index (χ0v) is 18.4. The Balaban J connectivity index is 1.44. The Morgan fingerprint density at radius 1 is 0.794 bits per heavy atom. The number of ketones is 1. The van der Waals surface area contributed by atoms with Gasteiger partial charge in [-0.3, -0.25) is 19.2 Å². The highest BCUT2D eigenvalue weighted by Gasteiger charge is 2.37. The molecule has 0 atom stereocenters. The lowest BCUT2D eigenvalue weighted by atomic mass is 10.1.